The first-order valence-electron chi connectivity index (χ1n) is 7.91. The summed E-state index contributed by atoms with van der Waals surface area (Å²) in [6, 6.07) is 12.0. The van der Waals surface area contributed by atoms with E-state index in [2.05, 4.69) is 36.9 Å². The monoisotopic (exact) mass is 352 g/mol. The maximum Gasteiger partial charge on any atom is 0.282 e. The van der Waals surface area contributed by atoms with Gasteiger partial charge >= 0.3 is 0 Å². The summed E-state index contributed by atoms with van der Waals surface area (Å²) in [4.78, 5) is 17.0. The van der Waals surface area contributed by atoms with Gasteiger partial charge in [-0.05, 0) is 35.7 Å². The number of halogens is 1. The van der Waals surface area contributed by atoms with Crippen LogP contribution in [0, 0.1) is 18.2 Å². The zero-order valence-electron chi connectivity index (χ0n) is 14.0. The molecule has 0 N–H and O–H groups in total. The summed E-state index contributed by atoms with van der Waals surface area (Å²) in [5.74, 6) is 1.79. The van der Waals surface area contributed by atoms with Crippen LogP contribution in [-0.2, 0) is 6.54 Å². The molecule has 3 nitrogen and oxygen atoms in total. The molecule has 0 atom stereocenters. The van der Waals surface area contributed by atoms with Crippen molar-refractivity contribution in [3.05, 3.63) is 64.2 Å². The van der Waals surface area contributed by atoms with Crippen molar-refractivity contribution in [1.82, 2.24) is 4.57 Å². The number of fused-ring (bicyclic) bond motifs is 1. The molecule has 0 spiro atoms. The van der Waals surface area contributed by atoms with Gasteiger partial charge in [-0.3, -0.25) is 4.79 Å². The number of thiazole rings is 1. The fourth-order valence-corrected chi connectivity index (χ4v) is 3.64. The lowest BCUT2D eigenvalue weighted by Crippen LogP contribution is -2.16. The van der Waals surface area contributed by atoms with Crippen LogP contribution in [0.1, 0.15) is 35.7 Å². The van der Waals surface area contributed by atoms with Crippen LogP contribution in [0.15, 0.2) is 47.5 Å². The van der Waals surface area contributed by atoms with Crippen LogP contribution in [-0.4, -0.2) is 10.5 Å². The van der Waals surface area contributed by atoms with Crippen LogP contribution < -0.4 is 4.80 Å². The molecule has 0 aliphatic heterocycles. The third kappa shape index (κ3) is 3.40. The Morgan fingerprint density at radius 3 is 2.76 bits per heavy atom. The molecule has 25 heavy (non-hydrogen) atoms. The maximum atomic E-state index is 13.8. The summed E-state index contributed by atoms with van der Waals surface area (Å²) in [6.07, 6.45) is 5.47. The van der Waals surface area contributed by atoms with Crippen molar-refractivity contribution < 1.29 is 9.18 Å². The Morgan fingerprint density at radius 2 is 2.08 bits per heavy atom. The fraction of sp³-hybridized carbons (Fsp3) is 0.200. The third-order valence-electron chi connectivity index (χ3n) is 3.92. The summed E-state index contributed by atoms with van der Waals surface area (Å²) in [6.45, 7) is 4.54. The lowest BCUT2D eigenvalue weighted by molar-refractivity contribution is 0.0994. The maximum absolute atomic E-state index is 13.8. The normalized spacial score (nSPS) is 11.9. The second kappa shape index (κ2) is 7.04. The van der Waals surface area contributed by atoms with E-state index in [-0.39, 0.29) is 5.56 Å². The standard InChI is InChI=1S/C20H17FN2OS/c1-4-11-23-17-10-9-14(13(2)3)12-18(17)25-20(23)22-19(24)15-7-5-6-8-16(15)21/h1,5-10,12-13H,11H2,2-3H3. The number of hydrogen-bond acceptors (Lipinski definition) is 2. The highest BCUT2D eigenvalue weighted by Crippen LogP contribution is 2.23. The molecule has 1 aromatic heterocycles. The molecule has 1 amide bonds. The minimum absolute atomic E-state index is 0.0462. The van der Waals surface area contributed by atoms with Crippen molar-refractivity contribution in [2.24, 2.45) is 4.99 Å². The minimum atomic E-state index is -0.612. The molecule has 3 rings (SSSR count). The molecular weight excluding hydrogens is 335 g/mol. The number of rotatable bonds is 3. The molecule has 0 saturated carbocycles. The highest BCUT2D eigenvalue weighted by Gasteiger charge is 2.12. The molecular formula is C20H17FN2OS. The Bertz CT molecular complexity index is 1050. The van der Waals surface area contributed by atoms with E-state index < -0.39 is 11.7 Å². The van der Waals surface area contributed by atoms with Crippen LogP contribution in [0.5, 0.6) is 0 Å². The van der Waals surface area contributed by atoms with Crippen molar-refractivity contribution >= 4 is 27.5 Å². The molecule has 1 heterocycles. The molecule has 0 bridgehead atoms. The number of carbonyl (C=O) groups is 1. The van der Waals surface area contributed by atoms with Gasteiger partial charge in [-0.1, -0.05) is 49.3 Å². The SMILES string of the molecule is C#CCn1c(=NC(=O)c2ccccc2F)sc2cc(C(C)C)ccc21. The summed E-state index contributed by atoms with van der Waals surface area (Å²) in [7, 11) is 0. The van der Waals surface area contributed by atoms with Gasteiger partial charge in [0, 0.05) is 0 Å². The molecule has 5 heteroatoms. The Kier molecular flexibility index (Phi) is 4.82. The molecule has 0 unspecified atom stereocenters. The van der Waals surface area contributed by atoms with E-state index in [4.69, 9.17) is 6.42 Å². The van der Waals surface area contributed by atoms with Gasteiger partial charge in [0.05, 0.1) is 22.3 Å². The zero-order chi connectivity index (χ0) is 18.0. The van der Waals surface area contributed by atoms with Gasteiger partial charge in [-0.15, -0.1) is 6.42 Å². The lowest BCUT2D eigenvalue weighted by atomic mass is 10.0. The predicted octanol–water partition coefficient (Wildman–Crippen LogP) is 4.34. The number of terminal acetylenes is 1. The third-order valence-corrected chi connectivity index (χ3v) is 4.97. The first-order chi connectivity index (χ1) is 12.0. The summed E-state index contributed by atoms with van der Waals surface area (Å²) < 4.78 is 16.6. The first kappa shape index (κ1) is 17.1. The second-order valence-electron chi connectivity index (χ2n) is 5.95. The quantitative estimate of drug-likeness (QED) is 0.646. The van der Waals surface area contributed by atoms with E-state index >= 15 is 0 Å². The van der Waals surface area contributed by atoms with Crippen molar-refractivity contribution in [3.8, 4) is 12.3 Å². The van der Waals surface area contributed by atoms with Crippen LogP contribution in [0.25, 0.3) is 10.2 Å². The highest BCUT2D eigenvalue weighted by molar-refractivity contribution is 7.16. The van der Waals surface area contributed by atoms with Gasteiger partial charge in [-0.25, -0.2) is 4.39 Å². The van der Waals surface area contributed by atoms with Crippen molar-refractivity contribution in [2.75, 3.05) is 0 Å². The zero-order valence-corrected chi connectivity index (χ0v) is 14.8. The lowest BCUT2D eigenvalue weighted by Gasteiger charge is -2.05. The van der Waals surface area contributed by atoms with Gasteiger partial charge in [-0.2, -0.15) is 4.99 Å². The average Bonchev–Trinajstić information content (AvgIpc) is 2.92. The number of benzene rings is 2. The Morgan fingerprint density at radius 1 is 1.32 bits per heavy atom. The Labute approximate surface area is 149 Å². The van der Waals surface area contributed by atoms with Gasteiger partial charge < -0.3 is 4.57 Å². The molecule has 0 saturated heterocycles. The average molecular weight is 352 g/mol. The summed E-state index contributed by atoms with van der Waals surface area (Å²) in [5, 5.41) is 0. The topological polar surface area (TPSA) is 34.4 Å². The van der Waals surface area contributed by atoms with E-state index in [9.17, 15) is 9.18 Å². The fourth-order valence-electron chi connectivity index (χ4n) is 2.56. The number of carbonyl (C=O) groups excluding carboxylic acids is 1. The molecule has 2 aromatic carbocycles. The smallest absolute Gasteiger partial charge is 0.282 e. The van der Waals surface area contributed by atoms with Crippen LogP contribution in [0.3, 0.4) is 0 Å². The van der Waals surface area contributed by atoms with E-state index in [0.717, 1.165) is 10.2 Å². The van der Waals surface area contributed by atoms with E-state index in [0.29, 0.717) is 17.3 Å². The molecule has 0 radical (unpaired) electrons. The molecule has 3 aromatic rings. The van der Waals surface area contributed by atoms with Crippen molar-refractivity contribution in [1.29, 1.82) is 0 Å². The first-order valence-corrected chi connectivity index (χ1v) is 8.73. The number of aromatic nitrogens is 1. The second-order valence-corrected chi connectivity index (χ2v) is 6.96. The minimum Gasteiger partial charge on any atom is -0.305 e. The Hall–Kier alpha value is -2.71. The van der Waals surface area contributed by atoms with Crippen LogP contribution in [0.4, 0.5) is 4.39 Å². The molecule has 0 fully saturated rings. The number of hydrogen-bond donors (Lipinski definition) is 0. The molecule has 126 valence electrons. The number of nitrogens with zero attached hydrogens (tertiary/aromatic N) is 2. The van der Waals surface area contributed by atoms with Gasteiger partial charge in [0.25, 0.3) is 5.91 Å². The van der Waals surface area contributed by atoms with Crippen molar-refractivity contribution in [3.63, 3.8) is 0 Å². The highest BCUT2D eigenvalue weighted by atomic mass is 32.1. The Balaban J connectivity index is 2.17. The predicted molar refractivity (Wildman–Crippen MR) is 99.0 cm³/mol. The largest absolute Gasteiger partial charge is 0.305 e. The van der Waals surface area contributed by atoms with Crippen molar-refractivity contribution in [2.45, 2.75) is 26.3 Å². The summed E-state index contributed by atoms with van der Waals surface area (Å²) >= 11 is 1.38. The molecule has 0 aliphatic rings. The van der Waals surface area contributed by atoms with Gasteiger partial charge in [0.1, 0.15) is 5.82 Å². The number of amides is 1. The van der Waals surface area contributed by atoms with E-state index in [1.807, 2.05) is 10.6 Å². The summed E-state index contributed by atoms with van der Waals surface area (Å²) in [5.41, 5.74) is 2.08. The van der Waals surface area contributed by atoms with Gasteiger partial charge in [0.2, 0.25) is 0 Å². The van der Waals surface area contributed by atoms with Crippen LogP contribution >= 0.6 is 11.3 Å². The van der Waals surface area contributed by atoms with Gasteiger partial charge in [0.15, 0.2) is 4.80 Å². The molecule has 0 aliphatic carbocycles. The van der Waals surface area contributed by atoms with E-state index in [1.54, 1.807) is 6.07 Å². The van der Waals surface area contributed by atoms with Crippen LogP contribution in [0.2, 0.25) is 0 Å². The van der Waals surface area contributed by atoms with E-state index in [1.165, 1.54) is 35.1 Å².